The fraction of sp³-hybridized carbons (Fsp3) is 0.658. The highest BCUT2D eigenvalue weighted by Crippen LogP contribution is 2.54. The third-order valence-electron chi connectivity index (χ3n) is 13.3. The van der Waals surface area contributed by atoms with Crippen molar-refractivity contribution in [2.24, 2.45) is 23.7 Å². The smallest absolute Gasteiger partial charge is 0.264 e. The third kappa shape index (κ3) is 5.74. The second-order valence-corrected chi connectivity index (χ2v) is 18.5. The van der Waals surface area contributed by atoms with E-state index in [1.165, 1.54) is 24.0 Å². The monoisotopic (exact) mass is 695 g/mol. The molecule has 0 radical (unpaired) electrons. The summed E-state index contributed by atoms with van der Waals surface area (Å²) < 4.78 is 41.3. The summed E-state index contributed by atoms with van der Waals surface area (Å²) in [6, 6.07) is 12.3. The Hall–Kier alpha value is -2.33. The number of carbonyl (C=O) groups is 1. The first-order valence-corrected chi connectivity index (χ1v) is 20.1. The van der Waals surface area contributed by atoms with Gasteiger partial charge in [-0.2, -0.15) is 0 Å². The van der Waals surface area contributed by atoms with E-state index in [9.17, 15) is 13.2 Å². The molecule has 260 valence electrons. The van der Waals surface area contributed by atoms with E-state index in [2.05, 4.69) is 33.6 Å². The standard InChI is InChI=1S/C38H50ClN3O5S/c1-25(41-15-17-46-18-16-41)31-7-3-6-29-21-37(29,2)48(44,45)40-36(43)27-9-13-35-34(20-27)42(22-28-8-11-32(28)31)23-38(24-47-35)14-4-5-26-19-30(39)10-12-33(26)38/h9-10,12-13,19-20,25,28-29,31-32H,3-8,11,14-18,21-24H2,1-2H3,(H,40,43)/t25-,28-,29+,31+,32+,37+,38-/m0/s1. The molecule has 3 aliphatic carbocycles. The normalized spacial score (nSPS) is 35.5. The van der Waals surface area contributed by atoms with Crippen molar-refractivity contribution in [3.63, 3.8) is 0 Å². The summed E-state index contributed by atoms with van der Waals surface area (Å²) in [5.74, 6) is 1.94. The van der Waals surface area contributed by atoms with Crippen LogP contribution in [0.3, 0.4) is 0 Å². The van der Waals surface area contributed by atoms with Gasteiger partial charge >= 0.3 is 0 Å². The average molecular weight is 696 g/mol. The Morgan fingerprint density at radius 3 is 2.67 bits per heavy atom. The maximum Gasteiger partial charge on any atom is 0.264 e. The lowest BCUT2D eigenvalue weighted by Crippen LogP contribution is -2.52. The van der Waals surface area contributed by atoms with Crippen LogP contribution in [-0.2, 0) is 26.6 Å². The Kier molecular flexibility index (Phi) is 8.53. The van der Waals surface area contributed by atoms with Gasteiger partial charge in [0.2, 0.25) is 10.0 Å². The highest BCUT2D eigenvalue weighted by atomic mass is 35.5. The van der Waals surface area contributed by atoms with Gasteiger partial charge in [-0.1, -0.05) is 24.1 Å². The van der Waals surface area contributed by atoms with Gasteiger partial charge in [-0.05, 0) is 130 Å². The van der Waals surface area contributed by atoms with E-state index in [1.807, 2.05) is 25.1 Å². The van der Waals surface area contributed by atoms with Crippen LogP contribution in [0.1, 0.15) is 86.7 Å². The van der Waals surface area contributed by atoms with Gasteiger partial charge in [-0.3, -0.25) is 9.69 Å². The molecule has 1 amide bonds. The molecule has 3 heterocycles. The second kappa shape index (κ2) is 12.5. The van der Waals surface area contributed by atoms with Crippen LogP contribution in [0.5, 0.6) is 5.75 Å². The van der Waals surface area contributed by atoms with Gasteiger partial charge in [0, 0.05) is 48.2 Å². The lowest BCUT2D eigenvalue weighted by Gasteiger charge is -2.50. The van der Waals surface area contributed by atoms with E-state index in [1.54, 1.807) is 6.07 Å². The largest absolute Gasteiger partial charge is 0.490 e. The molecule has 7 atom stereocenters. The zero-order chi connectivity index (χ0) is 33.3. The van der Waals surface area contributed by atoms with Crippen LogP contribution in [0.4, 0.5) is 5.69 Å². The maximum atomic E-state index is 13.6. The number of hydrogen-bond acceptors (Lipinski definition) is 7. The fourth-order valence-corrected chi connectivity index (χ4v) is 11.8. The maximum absolute atomic E-state index is 13.6. The zero-order valence-corrected chi connectivity index (χ0v) is 30.0. The van der Waals surface area contributed by atoms with Crippen molar-refractivity contribution in [1.29, 1.82) is 0 Å². The molecular weight excluding hydrogens is 646 g/mol. The lowest BCUT2D eigenvalue weighted by molar-refractivity contribution is -0.0219. The van der Waals surface area contributed by atoms with Gasteiger partial charge in [0.1, 0.15) is 5.75 Å². The Morgan fingerprint density at radius 2 is 1.88 bits per heavy atom. The molecule has 6 aliphatic rings. The van der Waals surface area contributed by atoms with E-state index >= 15 is 0 Å². The molecule has 2 aromatic carbocycles. The zero-order valence-electron chi connectivity index (χ0n) is 28.4. The van der Waals surface area contributed by atoms with Crippen LogP contribution in [0.2, 0.25) is 5.02 Å². The van der Waals surface area contributed by atoms with Crippen molar-refractivity contribution in [1.82, 2.24) is 9.62 Å². The summed E-state index contributed by atoms with van der Waals surface area (Å²) in [4.78, 5) is 18.7. The van der Waals surface area contributed by atoms with E-state index in [0.717, 1.165) is 94.4 Å². The number of aryl methyl sites for hydroxylation is 1. The molecule has 1 N–H and O–H groups in total. The fourth-order valence-electron chi connectivity index (χ4n) is 10.1. The first-order valence-electron chi connectivity index (χ1n) is 18.3. The molecule has 2 saturated carbocycles. The SMILES string of the molecule is C[C@@H]([C@H]1CCC[C@@H]2C[C@@]2(C)S(=O)(=O)NC(=O)c2ccc3c(c2)N(C[C@@H]2CC[C@H]21)C[C@@]1(CCCc2cc(Cl)ccc21)CO3)N1CCOCC1. The van der Waals surface area contributed by atoms with Crippen molar-refractivity contribution < 1.29 is 22.7 Å². The van der Waals surface area contributed by atoms with Crippen molar-refractivity contribution >= 4 is 33.2 Å². The van der Waals surface area contributed by atoms with Crippen LogP contribution in [0, 0.1) is 23.7 Å². The number of halogens is 1. The highest BCUT2D eigenvalue weighted by Gasteiger charge is 2.60. The number of nitrogens with one attached hydrogen (secondary N) is 1. The minimum absolute atomic E-state index is 0.0765. The molecule has 3 fully saturated rings. The lowest BCUT2D eigenvalue weighted by atomic mass is 9.63. The molecule has 8 nitrogen and oxygen atoms in total. The minimum Gasteiger partial charge on any atom is -0.490 e. The molecule has 2 bridgehead atoms. The van der Waals surface area contributed by atoms with Crippen LogP contribution in [0.15, 0.2) is 36.4 Å². The number of hydrogen-bond donors (Lipinski definition) is 1. The predicted octanol–water partition coefficient (Wildman–Crippen LogP) is 6.20. The van der Waals surface area contributed by atoms with E-state index < -0.39 is 20.7 Å². The van der Waals surface area contributed by atoms with E-state index in [4.69, 9.17) is 21.1 Å². The van der Waals surface area contributed by atoms with Crippen molar-refractivity contribution in [3.8, 4) is 5.75 Å². The Labute approximate surface area is 290 Å². The van der Waals surface area contributed by atoms with Gasteiger partial charge in [0.15, 0.2) is 0 Å². The van der Waals surface area contributed by atoms with Gasteiger partial charge in [0.25, 0.3) is 5.91 Å². The van der Waals surface area contributed by atoms with E-state index in [-0.39, 0.29) is 11.3 Å². The molecular formula is C38H50ClN3O5S. The molecule has 2 aromatic rings. The van der Waals surface area contributed by atoms with E-state index in [0.29, 0.717) is 42.4 Å². The van der Waals surface area contributed by atoms with Crippen LogP contribution >= 0.6 is 11.6 Å². The molecule has 8 rings (SSSR count). The quantitative estimate of drug-likeness (QED) is 0.401. The third-order valence-corrected chi connectivity index (χ3v) is 15.7. The Balaban J connectivity index is 1.18. The molecule has 48 heavy (non-hydrogen) atoms. The topological polar surface area (TPSA) is 88.2 Å². The van der Waals surface area contributed by atoms with Gasteiger partial charge in [-0.15, -0.1) is 0 Å². The number of sulfonamides is 1. The molecule has 10 heteroatoms. The molecule has 1 saturated heterocycles. The molecule has 1 spiro atoms. The molecule has 0 aromatic heterocycles. The summed E-state index contributed by atoms with van der Waals surface area (Å²) in [5, 5.41) is 0.767. The van der Waals surface area contributed by atoms with Crippen molar-refractivity contribution in [2.75, 3.05) is 50.9 Å². The molecule has 0 unspecified atom stereocenters. The number of amides is 1. The first kappa shape index (κ1) is 32.9. The van der Waals surface area contributed by atoms with Crippen LogP contribution in [0.25, 0.3) is 0 Å². The van der Waals surface area contributed by atoms with Gasteiger partial charge in [-0.25, -0.2) is 13.1 Å². The van der Waals surface area contributed by atoms with Crippen molar-refractivity contribution in [2.45, 2.75) is 87.8 Å². The Bertz CT molecular complexity index is 1680. The second-order valence-electron chi connectivity index (χ2n) is 15.9. The summed E-state index contributed by atoms with van der Waals surface area (Å²) >= 11 is 6.48. The number of anilines is 1. The van der Waals surface area contributed by atoms with Crippen LogP contribution in [-0.4, -0.2) is 76.0 Å². The summed E-state index contributed by atoms with van der Waals surface area (Å²) in [6.45, 7) is 9.98. The number of benzene rings is 2. The number of rotatable bonds is 2. The Morgan fingerprint density at radius 1 is 1.04 bits per heavy atom. The summed E-state index contributed by atoms with van der Waals surface area (Å²) in [5.41, 5.74) is 3.66. The number of ether oxygens (including phenoxy) is 2. The predicted molar refractivity (Wildman–Crippen MR) is 189 cm³/mol. The van der Waals surface area contributed by atoms with Gasteiger partial charge in [0.05, 0.1) is 30.3 Å². The first-order chi connectivity index (χ1) is 23.1. The van der Waals surface area contributed by atoms with Gasteiger partial charge < -0.3 is 14.4 Å². The number of carbonyl (C=O) groups excluding carboxylic acids is 1. The number of nitrogens with zero attached hydrogens (tertiary/aromatic N) is 2. The van der Waals surface area contributed by atoms with Crippen LogP contribution < -0.4 is 14.4 Å². The minimum atomic E-state index is -3.85. The number of fused-ring (bicyclic) bond motifs is 5. The highest BCUT2D eigenvalue weighted by molar-refractivity contribution is 7.91. The summed E-state index contributed by atoms with van der Waals surface area (Å²) in [6.07, 6.45) is 9.10. The van der Waals surface area contributed by atoms with Crippen molar-refractivity contribution in [3.05, 3.63) is 58.1 Å². The summed E-state index contributed by atoms with van der Waals surface area (Å²) in [7, 11) is -3.85. The number of morpholine rings is 1. The molecule has 3 aliphatic heterocycles. The average Bonchev–Trinajstić information content (AvgIpc) is 3.78.